The van der Waals surface area contributed by atoms with E-state index in [-0.39, 0.29) is 29.6 Å². The van der Waals surface area contributed by atoms with Gasteiger partial charge < -0.3 is 4.74 Å². The summed E-state index contributed by atoms with van der Waals surface area (Å²) in [5.41, 5.74) is 3.26. The minimum atomic E-state index is -0.342. The van der Waals surface area contributed by atoms with E-state index >= 15 is 0 Å². The van der Waals surface area contributed by atoms with Gasteiger partial charge in [-0.25, -0.2) is 4.98 Å². The Morgan fingerprint density at radius 1 is 1.14 bits per heavy atom. The molecule has 1 fully saturated rings. The van der Waals surface area contributed by atoms with Crippen LogP contribution in [0.2, 0.25) is 0 Å². The van der Waals surface area contributed by atoms with Crippen LogP contribution >= 0.6 is 11.3 Å². The maximum Gasteiger partial charge on any atom is 0.326 e. The monoisotopic (exact) mass is 492 g/mol. The van der Waals surface area contributed by atoms with Crippen molar-refractivity contribution in [1.29, 1.82) is 0 Å². The van der Waals surface area contributed by atoms with Crippen LogP contribution in [0, 0.1) is 18.3 Å². The average Bonchev–Trinajstić information content (AvgIpc) is 3.19. The molecule has 2 aromatic heterocycles. The Morgan fingerprint density at radius 2 is 1.89 bits per heavy atom. The second kappa shape index (κ2) is 9.53. The van der Waals surface area contributed by atoms with Crippen LogP contribution < -0.4 is 5.56 Å². The molecule has 3 aromatic rings. The second-order valence-electron chi connectivity index (χ2n) is 11.4. The van der Waals surface area contributed by atoms with Crippen molar-refractivity contribution in [3.05, 3.63) is 50.6 Å². The highest BCUT2D eigenvalue weighted by Gasteiger charge is 2.31. The molecule has 1 aromatic carbocycles. The van der Waals surface area contributed by atoms with Crippen LogP contribution in [0.5, 0.6) is 0 Å². The minimum absolute atomic E-state index is 0.0650. The number of aryl methyl sites for hydroxylation is 3. The molecule has 186 valence electrons. The molecule has 0 atom stereocenters. The summed E-state index contributed by atoms with van der Waals surface area (Å²) in [7, 11) is 0. The zero-order valence-electron chi connectivity index (χ0n) is 21.4. The van der Waals surface area contributed by atoms with Gasteiger partial charge in [-0.3, -0.25) is 14.2 Å². The summed E-state index contributed by atoms with van der Waals surface area (Å²) in [4.78, 5) is 34.0. The highest BCUT2D eigenvalue weighted by Crippen LogP contribution is 2.39. The average molecular weight is 493 g/mol. The molecule has 6 heteroatoms. The molecule has 0 amide bonds. The molecular weight excluding hydrogens is 456 g/mol. The Morgan fingerprint density at radius 3 is 2.60 bits per heavy atom. The summed E-state index contributed by atoms with van der Waals surface area (Å²) in [6, 6.07) is 7.98. The molecule has 2 aliphatic carbocycles. The van der Waals surface area contributed by atoms with E-state index in [1.807, 2.05) is 31.2 Å². The van der Waals surface area contributed by atoms with Crippen molar-refractivity contribution in [2.75, 3.05) is 0 Å². The van der Waals surface area contributed by atoms with Gasteiger partial charge in [0.15, 0.2) is 0 Å². The molecule has 0 saturated heterocycles. The predicted molar refractivity (Wildman–Crippen MR) is 142 cm³/mol. The number of thiophene rings is 1. The lowest BCUT2D eigenvalue weighted by molar-refractivity contribution is -0.152. The van der Waals surface area contributed by atoms with E-state index in [9.17, 15) is 9.59 Å². The number of hydrogen-bond acceptors (Lipinski definition) is 5. The fourth-order valence-corrected chi connectivity index (χ4v) is 7.04. The topological polar surface area (TPSA) is 61.2 Å². The molecular formula is C29H36N2O3S. The Balaban J connectivity index is 1.46. The zero-order valence-corrected chi connectivity index (χ0v) is 22.2. The number of carbonyl (C=O) groups is 1. The lowest BCUT2D eigenvalue weighted by Gasteiger charge is -2.36. The number of hydrogen-bond donors (Lipinski definition) is 0. The van der Waals surface area contributed by atoms with Gasteiger partial charge >= 0.3 is 5.97 Å². The van der Waals surface area contributed by atoms with Gasteiger partial charge in [0.25, 0.3) is 5.56 Å². The maximum atomic E-state index is 13.8. The van der Waals surface area contributed by atoms with Gasteiger partial charge in [0, 0.05) is 10.4 Å². The normalized spacial score (nSPS) is 20.6. The maximum absolute atomic E-state index is 13.8. The molecule has 0 aliphatic heterocycles. The van der Waals surface area contributed by atoms with Crippen LogP contribution in [0.25, 0.3) is 21.6 Å². The largest absolute Gasteiger partial charge is 0.461 e. The first kappa shape index (κ1) is 24.2. The first-order chi connectivity index (χ1) is 16.7. The van der Waals surface area contributed by atoms with Gasteiger partial charge in [0.2, 0.25) is 0 Å². The van der Waals surface area contributed by atoms with Gasteiger partial charge in [-0.05, 0) is 81.3 Å². The molecule has 1 saturated carbocycles. The number of esters is 1. The van der Waals surface area contributed by atoms with Crippen molar-refractivity contribution in [3.63, 3.8) is 0 Å². The third-order valence-corrected chi connectivity index (χ3v) is 9.02. The fourth-order valence-electron chi connectivity index (χ4n) is 5.79. The molecule has 5 nitrogen and oxygen atoms in total. The van der Waals surface area contributed by atoms with Crippen molar-refractivity contribution in [1.82, 2.24) is 9.55 Å². The third kappa shape index (κ3) is 4.95. The van der Waals surface area contributed by atoms with E-state index in [1.165, 1.54) is 4.88 Å². The van der Waals surface area contributed by atoms with E-state index in [0.717, 1.165) is 72.9 Å². The number of carbonyl (C=O) groups excluding carboxylic acids is 1. The summed E-state index contributed by atoms with van der Waals surface area (Å²) >= 11 is 1.64. The van der Waals surface area contributed by atoms with Crippen LogP contribution in [-0.2, 0) is 28.9 Å². The van der Waals surface area contributed by atoms with E-state index < -0.39 is 0 Å². The van der Waals surface area contributed by atoms with Gasteiger partial charge in [-0.2, -0.15) is 0 Å². The highest BCUT2D eigenvalue weighted by atomic mass is 32.1. The number of ether oxygens (including phenoxy) is 1. The molecule has 0 radical (unpaired) electrons. The molecule has 2 heterocycles. The van der Waals surface area contributed by atoms with Gasteiger partial charge in [0.1, 0.15) is 23.3 Å². The van der Waals surface area contributed by atoms with Gasteiger partial charge in [-0.1, -0.05) is 44.5 Å². The molecule has 0 spiro atoms. The second-order valence-corrected chi connectivity index (χ2v) is 12.5. The summed E-state index contributed by atoms with van der Waals surface area (Å²) in [6.45, 7) is 8.78. The molecule has 5 rings (SSSR count). The van der Waals surface area contributed by atoms with Crippen molar-refractivity contribution < 1.29 is 9.53 Å². The summed E-state index contributed by atoms with van der Waals surface area (Å²) < 4.78 is 7.47. The molecule has 0 unspecified atom stereocenters. The minimum Gasteiger partial charge on any atom is -0.461 e. The summed E-state index contributed by atoms with van der Waals surface area (Å²) in [5, 5.41) is 0.708. The van der Waals surface area contributed by atoms with Crippen molar-refractivity contribution in [2.45, 2.75) is 91.7 Å². The van der Waals surface area contributed by atoms with E-state index in [2.05, 4.69) is 20.8 Å². The number of fused-ring (bicyclic) bond motifs is 3. The highest BCUT2D eigenvalue weighted by molar-refractivity contribution is 7.18. The summed E-state index contributed by atoms with van der Waals surface area (Å²) in [6.07, 6.45) is 8.04. The SMILES string of the molecule is Cc1cccc(-c2nc3sc4c(c3c(=O)n2CC(=O)OC2CCC(C(C)(C)C)CC2)CCCC4)c1. The van der Waals surface area contributed by atoms with E-state index in [1.54, 1.807) is 15.9 Å². The number of rotatable bonds is 4. The molecule has 0 bridgehead atoms. The van der Waals surface area contributed by atoms with Crippen LogP contribution in [0.3, 0.4) is 0 Å². The standard InChI is InChI=1S/C29H36N2O3S/c1-18-8-7-9-19(16-18)26-30-27-25(22-10-5-6-11-23(22)35-27)28(33)31(26)17-24(32)34-21-14-12-20(13-15-21)29(2,3)4/h7-9,16,20-21H,5-6,10-15,17H2,1-4H3. The van der Waals surface area contributed by atoms with Gasteiger partial charge in [-0.15, -0.1) is 11.3 Å². The Bertz CT molecular complexity index is 1310. The smallest absolute Gasteiger partial charge is 0.326 e. The number of nitrogens with zero attached hydrogens (tertiary/aromatic N) is 2. The first-order valence-corrected chi connectivity index (χ1v) is 13.8. The summed E-state index contributed by atoms with van der Waals surface area (Å²) in [5.74, 6) is 0.869. The predicted octanol–water partition coefficient (Wildman–Crippen LogP) is 6.46. The molecule has 2 aliphatic rings. The van der Waals surface area contributed by atoms with Crippen LogP contribution in [-0.4, -0.2) is 21.6 Å². The Labute approximate surface area is 211 Å². The van der Waals surface area contributed by atoms with Crippen LogP contribution in [0.1, 0.15) is 75.3 Å². The molecule has 35 heavy (non-hydrogen) atoms. The quantitative estimate of drug-likeness (QED) is 0.392. The number of benzene rings is 1. The van der Waals surface area contributed by atoms with Crippen molar-refractivity contribution in [2.24, 2.45) is 11.3 Å². The Kier molecular flexibility index (Phi) is 6.60. The number of aromatic nitrogens is 2. The lowest BCUT2D eigenvalue weighted by Crippen LogP contribution is -2.33. The Hall–Kier alpha value is -2.47. The van der Waals surface area contributed by atoms with E-state index in [4.69, 9.17) is 9.72 Å². The molecule has 0 N–H and O–H groups in total. The van der Waals surface area contributed by atoms with Crippen molar-refractivity contribution in [3.8, 4) is 11.4 Å². The van der Waals surface area contributed by atoms with Crippen LogP contribution in [0.4, 0.5) is 0 Å². The third-order valence-electron chi connectivity index (χ3n) is 7.84. The fraction of sp³-hybridized carbons (Fsp3) is 0.552. The lowest BCUT2D eigenvalue weighted by atomic mass is 9.72. The first-order valence-electron chi connectivity index (χ1n) is 13.0. The van der Waals surface area contributed by atoms with Gasteiger partial charge in [0.05, 0.1) is 5.39 Å². The zero-order chi connectivity index (χ0) is 24.7. The van der Waals surface area contributed by atoms with Crippen molar-refractivity contribution >= 4 is 27.5 Å². The van der Waals surface area contributed by atoms with Crippen LogP contribution in [0.15, 0.2) is 29.1 Å². The van der Waals surface area contributed by atoms with E-state index in [0.29, 0.717) is 17.1 Å².